The number of anilines is 1. The minimum Gasteiger partial charge on any atom is -0.325 e. The molecule has 0 saturated carbocycles. The summed E-state index contributed by atoms with van der Waals surface area (Å²) in [6, 6.07) is 12.4. The average Bonchev–Trinajstić information content (AvgIpc) is 2.72. The van der Waals surface area contributed by atoms with Gasteiger partial charge >= 0.3 is 0 Å². The lowest BCUT2D eigenvalue weighted by Crippen LogP contribution is -2.50. The van der Waals surface area contributed by atoms with E-state index < -0.39 is 29.8 Å². The van der Waals surface area contributed by atoms with Crippen molar-refractivity contribution < 1.29 is 14.0 Å². The number of carbonyl (C=O) groups excluding carboxylic acids is 2. The number of amides is 2. The van der Waals surface area contributed by atoms with Gasteiger partial charge in [-0.1, -0.05) is 30.3 Å². The molecule has 1 unspecified atom stereocenters. The first-order valence-electron chi connectivity index (χ1n) is 8.15. The van der Waals surface area contributed by atoms with Gasteiger partial charge in [-0.25, -0.2) is 9.38 Å². The van der Waals surface area contributed by atoms with E-state index in [1.54, 1.807) is 37.4 Å². The van der Waals surface area contributed by atoms with Gasteiger partial charge < -0.3 is 16.0 Å². The fourth-order valence-corrected chi connectivity index (χ4v) is 2.75. The van der Waals surface area contributed by atoms with E-state index in [0.717, 1.165) is 0 Å². The van der Waals surface area contributed by atoms with Crippen molar-refractivity contribution in [3.05, 3.63) is 65.5 Å². The second-order valence-corrected chi connectivity index (χ2v) is 6.10. The van der Waals surface area contributed by atoms with Gasteiger partial charge in [0.1, 0.15) is 5.82 Å². The van der Waals surface area contributed by atoms with E-state index in [1.165, 1.54) is 24.0 Å². The van der Waals surface area contributed by atoms with Gasteiger partial charge in [-0.15, -0.1) is 0 Å². The lowest BCUT2D eigenvalue weighted by molar-refractivity contribution is -0.127. The molecule has 1 heterocycles. The molecule has 7 heteroatoms. The Morgan fingerprint density at radius 1 is 1.27 bits per heavy atom. The molecule has 2 aromatic carbocycles. The van der Waals surface area contributed by atoms with Crippen LogP contribution in [0.3, 0.4) is 0 Å². The Hall–Kier alpha value is -3.06. The van der Waals surface area contributed by atoms with E-state index in [4.69, 9.17) is 5.73 Å². The molecular weight excluding hydrogens is 335 g/mol. The zero-order valence-electron chi connectivity index (χ0n) is 14.4. The highest BCUT2D eigenvalue weighted by atomic mass is 19.1. The molecule has 0 aliphatic carbocycles. The van der Waals surface area contributed by atoms with Crippen LogP contribution in [0.5, 0.6) is 0 Å². The molecule has 6 nitrogen and oxygen atoms in total. The van der Waals surface area contributed by atoms with Crippen LogP contribution in [0.15, 0.2) is 53.5 Å². The summed E-state index contributed by atoms with van der Waals surface area (Å²) in [5.74, 6) is -1.31. The average molecular weight is 354 g/mol. The largest absolute Gasteiger partial charge is 0.325 e. The van der Waals surface area contributed by atoms with Crippen molar-refractivity contribution >= 4 is 23.2 Å². The van der Waals surface area contributed by atoms with Crippen LogP contribution in [0, 0.1) is 5.82 Å². The maximum absolute atomic E-state index is 13.7. The third kappa shape index (κ3) is 3.34. The van der Waals surface area contributed by atoms with Gasteiger partial charge in [0.05, 0.1) is 17.4 Å². The molecule has 134 valence electrons. The van der Waals surface area contributed by atoms with Crippen LogP contribution in [0.1, 0.15) is 18.1 Å². The van der Waals surface area contributed by atoms with Crippen molar-refractivity contribution in [3.63, 3.8) is 0 Å². The molecule has 3 N–H and O–H groups in total. The molecule has 3 rings (SSSR count). The highest BCUT2D eigenvalue weighted by Gasteiger charge is 2.31. The first-order chi connectivity index (χ1) is 12.4. The van der Waals surface area contributed by atoms with Gasteiger partial charge in [0.2, 0.25) is 12.1 Å². The minimum atomic E-state index is -1.15. The fraction of sp³-hybridized carbons (Fsp3) is 0.211. The van der Waals surface area contributed by atoms with Gasteiger partial charge in [-0.2, -0.15) is 0 Å². The second-order valence-electron chi connectivity index (χ2n) is 6.10. The number of likely N-dealkylation sites (N-methyl/N-ethyl adjacent to an activating group) is 1. The molecule has 2 aromatic rings. The quantitative estimate of drug-likeness (QED) is 0.874. The Kier molecular flexibility index (Phi) is 4.81. The normalized spacial score (nSPS) is 17.8. The number of halogens is 1. The SMILES string of the molecule is C[C@H](N)C(=O)NC1N=C(c2cccc(F)c2)c2ccccc2N(C)C1=O. The molecular formula is C19H19FN4O2. The van der Waals surface area contributed by atoms with Gasteiger partial charge in [0.15, 0.2) is 0 Å². The molecule has 2 amide bonds. The number of benzene rings is 2. The number of para-hydroxylation sites is 1. The maximum atomic E-state index is 13.7. The summed E-state index contributed by atoms with van der Waals surface area (Å²) in [6.07, 6.45) is -1.15. The first kappa shape index (κ1) is 17.8. The van der Waals surface area contributed by atoms with Crippen LogP contribution in [0.4, 0.5) is 10.1 Å². The topological polar surface area (TPSA) is 87.8 Å². The highest BCUT2D eigenvalue weighted by Crippen LogP contribution is 2.27. The number of fused-ring (bicyclic) bond motifs is 1. The van der Waals surface area contributed by atoms with Gasteiger partial charge in [-0.3, -0.25) is 9.59 Å². The molecule has 0 fully saturated rings. The van der Waals surface area contributed by atoms with E-state index in [-0.39, 0.29) is 0 Å². The van der Waals surface area contributed by atoms with E-state index in [2.05, 4.69) is 10.3 Å². The number of carbonyl (C=O) groups is 2. The molecule has 1 aliphatic heterocycles. The van der Waals surface area contributed by atoms with Crippen LogP contribution < -0.4 is 16.0 Å². The highest BCUT2D eigenvalue weighted by molar-refractivity contribution is 6.20. The Balaban J connectivity index is 2.16. The number of nitrogens with two attached hydrogens (primary N) is 1. The Bertz CT molecular complexity index is 895. The van der Waals surface area contributed by atoms with Crippen molar-refractivity contribution in [2.45, 2.75) is 19.1 Å². The standard InChI is InChI=1S/C19H19FN4O2/c1-11(21)18(25)23-17-19(26)24(2)15-9-4-3-8-14(15)16(22-17)12-6-5-7-13(20)10-12/h3-11,17H,21H2,1-2H3,(H,23,25)/t11-,17?/m0/s1. The number of aliphatic imine (C=N–C) groups is 1. The second kappa shape index (κ2) is 7.05. The molecule has 0 spiro atoms. The van der Waals surface area contributed by atoms with Gasteiger partial charge in [0.25, 0.3) is 5.91 Å². The number of hydrogen-bond donors (Lipinski definition) is 2. The molecule has 1 aliphatic rings. The lowest BCUT2D eigenvalue weighted by Gasteiger charge is -2.21. The summed E-state index contributed by atoms with van der Waals surface area (Å²) in [4.78, 5) is 30.7. The third-order valence-electron chi connectivity index (χ3n) is 4.13. The zero-order valence-corrected chi connectivity index (χ0v) is 14.4. The number of nitrogens with zero attached hydrogens (tertiary/aromatic N) is 2. The maximum Gasteiger partial charge on any atom is 0.272 e. The van der Waals surface area contributed by atoms with E-state index >= 15 is 0 Å². The first-order valence-corrected chi connectivity index (χ1v) is 8.15. The van der Waals surface area contributed by atoms with E-state index in [9.17, 15) is 14.0 Å². The summed E-state index contributed by atoms with van der Waals surface area (Å²) in [7, 11) is 1.61. The number of nitrogens with one attached hydrogen (secondary N) is 1. The smallest absolute Gasteiger partial charge is 0.272 e. The zero-order chi connectivity index (χ0) is 18.8. The Morgan fingerprint density at radius 2 is 2.00 bits per heavy atom. The van der Waals surface area contributed by atoms with Gasteiger partial charge in [-0.05, 0) is 25.1 Å². The van der Waals surface area contributed by atoms with Crippen molar-refractivity contribution in [2.75, 3.05) is 11.9 Å². The van der Waals surface area contributed by atoms with Crippen molar-refractivity contribution in [3.8, 4) is 0 Å². The molecule has 0 saturated heterocycles. The predicted molar refractivity (Wildman–Crippen MR) is 97.5 cm³/mol. The van der Waals surface area contributed by atoms with Gasteiger partial charge in [0, 0.05) is 18.2 Å². The minimum absolute atomic E-state index is 0.405. The van der Waals surface area contributed by atoms with Crippen molar-refractivity contribution in [2.24, 2.45) is 10.7 Å². The molecule has 26 heavy (non-hydrogen) atoms. The molecule has 0 bridgehead atoms. The van der Waals surface area contributed by atoms with E-state index in [0.29, 0.717) is 22.5 Å². The summed E-state index contributed by atoms with van der Waals surface area (Å²) in [5.41, 5.74) is 7.82. The summed E-state index contributed by atoms with van der Waals surface area (Å²) in [6.45, 7) is 1.52. The number of rotatable bonds is 3. The van der Waals surface area contributed by atoms with Crippen molar-refractivity contribution in [1.29, 1.82) is 0 Å². The number of hydrogen-bond acceptors (Lipinski definition) is 4. The molecule has 2 atom stereocenters. The monoisotopic (exact) mass is 354 g/mol. The van der Waals surface area contributed by atoms with Crippen LogP contribution in [0.25, 0.3) is 0 Å². The van der Waals surface area contributed by atoms with Crippen molar-refractivity contribution in [1.82, 2.24) is 5.32 Å². The van der Waals surface area contributed by atoms with E-state index in [1.807, 2.05) is 6.07 Å². The fourth-order valence-electron chi connectivity index (χ4n) is 2.75. The molecule has 0 aromatic heterocycles. The van der Waals surface area contributed by atoms with Crippen LogP contribution >= 0.6 is 0 Å². The summed E-state index contributed by atoms with van der Waals surface area (Å²) >= 11 is 0. The van der Waals surface area contributed by atoms with Crippen LogP contribution in [0.2, 0.25) is 0 Å². The predicted octanol–water partition coefficient (Wildman–Crippen LogP) is 1.43. The van der Waals surface area contributed by atoms with Crippen LogP contribution in [-0.2, 0) is 9.59 Å². The summed E-state index contributed by atoms with van der Waals surface area (Å²) in [5, 5.41) is 2.55. The van der Waals surface area contributed by atoms with Crippen LogP contribution in [-0.4, -0.2) is 36.8 Å². The Labute approximate surface area is 150 Å². The number of benzodiazepines with no additional fused rings is 1. The molecule has 0 radical (unpaired) electrons. The Morgan fingerprint density at radius 3 is 2.69 bits per heavy atom. The third-order valence-corrected chi connectivity index (χ3v) is 4.13. The lowest BCUT2D eigenvalue weighted by atomic mass is 10.0. The summed E-state index contributed by atoms with van der Waals surface area (Å²) < 4.78 is 13.7.